The van der Waals surface area contributed by atoms with Crippen LogP contribution in [0.4, 0.5) is 0 Å². The zero-order valence-corrected chi connectivity index (χ0v) is 23.4. The van der Waals surface area contributed by atoms with E-state index in [9.17, 15) is 15.0 Å². The number of rotatable bonds is 1. The molecule has 6 aliphatic rings. The Morgan fingerprint density at radius 1 is 1.00 bits per heavy atom. The molecular formula is C30H48O6. The van der Waals surface area contributed by atoms with Crippen LogP contribution >= 0.6 is 0 Å². The average molecular weight is 505 g/mol. The Morgan fingerprint density at radius 3 is 2.36 bits per heavy atom. The Morgan fingerprint density at radius 2 is 1.72 bits per heavy atom. The Balaban J connectivity index is 1.28. The van der Waals surface area contributed by atoms with Gasteiger partial charge in [0.1, 0.15) is 11.7 Å². The lowest BCUT2D eigenvalue weighted by molar-refractivity contribution is -0.300. The lowest BCUT2D eigenvalue weighted by atomic mass is 9.43. The van der Waals surface area contributed by atoms with Crippen molar-refractivity contribution < 1.29 is 29.2 Å². The van der Waals surface area contributed by atoms with Gasteiger partial charge < -0.3 is 24.4 Å². The highest BCUT2D eigenvalue weighted by Gasteiger charge is 2.77. The first-order valence-electron chi connectivity index (χ1n) is 14.6. The zero-order valence-electron chi connectivity index (χ0n) is 23.4. The van der Waals surface area contributed by atoms with Crippen LogP contribution < -0.4 is 0 Å². The maximum Gasteiger partial charge on any atom is 0.302 e. The molecule has 6 fully saturated rings. The van der Waals surface area contributed by atoms with E-state index in [0.29, 0.717) is 36.5 Å². The van der Waals surface area contributed by atoms with Gasteiger partial charge in [0.15, 0.2) is 5.79 Å². The number of ether oxygens (including phenoxy) is 3. The molecule has 204 valence electrons. The van der Waals surface area contributed by atoms with Crippen molar-refractivity contribution in [2.45, 2.75) is 135 Å². The van der Waals surface area contributed by atoms with Crippen molar-refractivity contribution in [3.05, 3.63) is 0 Å². The van der Waals surface area contributed by atoms with Crippen molar-refractivity contribution in [3.8, 4) is 0 Å². The Labute approximate surface area is 216 Å². The van der Waals surface area contributed by atoms with Gasteiger partial charge >= 0.3 is 5.97 Å². The lowest BCUT2D eigenvalue weighted by Crippen LogP contribution is -2.62. The minimum Gasteiger partial charge on any atom is -0.463 e. The fraction of sp³-hybridized carbons (Fsp3) is 0.967. The van der Waals surface area contributed by atoms with E-state index in [4.69, 9.17) is 14.2 Å². The van der Waals surface area contributed by atoms with Gasteiger partial charge in [0, 0.05) is 19.3 Å². The molecule has 0 bridgehead atoms. The van der Waals surface area contributed by atoms with Gasteiger partial charge in [-0.2, -0.15) is 0 Å². The van der Waals surface area contributed by atoms with E-state index in [2.05, 4.69) is 34.6 Å². The third kappa shape index (κ3) is 3.20. The van der Waals surface area contributed by atoms with Crippen molar-refractivity contribution in [1.82, 2.24) is 0 Å². The minimum atomic E-state index is -1.10. The molecule has 1 spiro atoms. The summed E-state index contributed by atoms with van der Waals surface area (Å²) in [5, 5.41) is 24.1. The summed E-state index contributed by atoms with van der Waals surface area (Å²) in [4.78, 5) is 11.6. The molecule has 6 heteroatoms. The standard InChI is InChI=1S/C30H48O6/c1-16-14-30(36-26(16,3)4)29(7,33)25-23(35-30)13-21-20-9-8-18-12-19(34-17(2)31)10-11-27(18,5)24(20)22(32)15-28(21,25)6/h16,18-25,32-33H,8-15H2,1-7H3/t16-,18-,19+,20-,21-,22-,23-,24+,25-,27-,28-,29+,30+/m0/s1. The van der Waals surface area contributed by atoms with Crippen molar-refractivity contribution >= 4 is 5.97 Å². The van der Waals surface area contributed by atoms with Crippen LogP contribution in [0, 0.1) is 46.3 Å². The van der Waals surface area contributed by atoms with Gasteiger partial charge in [-0.1, -0.05) is 20.8 Å². The number of fused-ring (bicyclic) bond motifs is 7. The molecule has 13 atom stereocenters. The van der Waals surface area contributed by atoms with Crippen LogP contribution in [-0.2, 0) is 19.0 Å². The molecule has 0 amide bonds. The van der Waals surface area contributed by atoms with Crippen LogP contribution in [0.25, 0.3) is 0 Å². The van der Waals surface area contributed by atoms with Crippen LogP contribution in [0.15, 0.2) is 0 Å². The molecule has 2 saturated heterocycles. The summed E-state index contributed by atoms with van der Waals surface area (Å²) < 4.78 is 19.0. The first-order chi connectivity index (χ1) is 16.6. The molecular weight excluding hydrogens is 456 g/mol. The van der Waals surface area contributed by atoms with E-state index >= 15 is 0 Å². The van der Waals surface area contributed by atoms with E-state index in [1.54, 1.807) is 0 Å². The van der Waals surface area contributed by atoms with Crippen LogP contribution in [-0.4, -0.2) is 51.5 Å². The summed E-state index contributed by atoms with van der Waals surface area (Å²) in [6.07, 6.45) is 7.00. The van der Waals surface area contributed by atoms with Crippen LogP contribution in [0.3, 0.4) is 0 Å². The predicted octanol–water partition coefficient (Wildman–Crippen LogP) is 4.84. The highest BCUT2D eigenvalue weighted by molar-refractivity contribution is 5.66. The molecule has 2 aliphatic heterocycles. The molecule has 0 radical (unpaired) electrons. The molecule has 36 heavy (non-hydrogen) atoms. The normalized spacial score (nSPS) is 59.2. The largest absolute Gasteiger partial charge is 0.463 e. The predicted molar refractivity (Wildman–Crippen MR) is 135 cm³/mol. The number of aliphatic hydroxyl groups is 2. The number of carbonyl (C=O) groups excluding carboxylic acids is 1. The second-order valence-electron chi connectivity index (χ2n) is 14.9. The second kappa shape index (κ2) is 7.70. The van der Waals surface area contributed by atoms with Gasteiger partial charge in [-0.25, -0.2) is 0 Å². The molecule has 2 heterocycles. The summed E-state index contributed by atoms with van der Waals surface area (Å²) in [5.74, 6) is 0.715. The number of esters is 1. The van der Waals surface area contributed by atoms with Gasteiger partial charge in [0.2, 0.25) is 0 Å². The highest BCUT2D eigenvalue weighted by atomic mass is 16.7. The molecule has 0 aromatic heterocycles. The molecule has 4 saturated carbocycles. The van der Waals surface area contributed by atoms with Crippen molar-refractivity contribution in [3.63, 3.8) is 0 Å². The minimum absolute atomic E-state index is 0.0201. The van der Waals surface area contributed by atoms with Gasteiger partial charge in [-0.05, 0) is 106 Å². The fourth-order valence-electron chi connectivity index (χ4n) is 11.0. The number of carbonyl (C=O) groups is 1. The third-order valence-corrected chi connectivity index (χ3v) is 12.8. The highest BCUT2D eigenvalue weighted by Crippen LogP contribution is 2.72. The quantitative estimate of drug-likeness (QED) is 0.497. The molecule has 0 unspecified atom stereocenters. The molecule has 6 rings (SSSR count). The van der Waals surface area contributed by atoms with Gasteiger partial charge in [-0.15, -0.1) is 0 Å². The first kappa shape index (κ1) is 25.6. The van der Waals surface area contributed by atoms with Gasteiger partial charge in [0.25, 0.3) is 0 Å². The molecule has 2 N–H and O–H groups in total. The van der Waals surface area contributed by atoms with E-state index in [0.717, 1.165) is 38.5 Å². The van der Waals surface area contributed by atoms with Crippen LogP contribution in [0.5, 0.6) is 0 Å². The summed E-state index contributed by atoms with van der Waals surface area (Å²) in [7, 11) is 0. The SMILES string of the molecule is CC(=O)O[C@@H]1CC[C@@]2(C)[C@@H](CC[C@@H]3[C@@H]2[C@@H](O)C[C@@]2(C)[C@H]3C[C@@H]3O[C@@]4(C[C@H](C)C(C)(C)O4)[C@](C)(O)[C@@H]32)C1. The summed E-state index contributed by atoms with van der Waals surface area (Å²) in [6.45, 7) is 14.6. The Hall–Kier alpha value is -0.690. The summed E-state index contributed by atoms with van der Waals surface area (Å²) >= 11 is 0. The monoisotopic (exact) mass is 504 g/mol. The van der Waals surface area contributed by atoms with Crippen molar-refractivity contribution in [2.24, 2.45) is 46.3 Å². The third-order valence-electron chi connectivity index (χ3n) is 12.8. The average Bonchev–Trinajstić information content (AvgIpc) is 3.25. The number of aliphatic hydroxyl groups excluding tert-OH is 1. The van der Waals surface area contributed by atoms with Crippen LogP contribution in [0.1, 0.15) is 99.8 Å². The van der Waals surface area contributed by atoms with Crippen LogP contribution in [0.2, 0.25) is 0 Å². The first-order valence-corrected chi connectivity index (χ1v) is 14.6. The summed E-state index contributed by atoms with van der Waals surface area (Å²) in [5.41, 5.74) is -1.55. The molecule has 4 aliphatic carbocycles. The smallest absolute Gasteiger partial charge is 0.302 e. The zero-order chi connectivity index (χ0) is 26.1. The summed E-state index contributed by atoms with van der Waals surface area (Å²) in [6, 6.07) is 0. The van der Waals surface area contributed by atoms with E-state index < -0.39 is 11.4 Å². The topological polar surface area (TPSA) is 85.2 Å². The maximum absolute atomic E-state index is 12.2. The van der Waals surface area contributed by atoms with Gasteiger partial charge in [0.05, 0.1) is 17.8 Å². The second-order valence-corrected chi connectivity index (χ2v) is 14.9. The Bertz CT molecular complexity index is 930. The van der Waals surface area contributed by atoms with Crippen molar-refractivity contribution in [2.75, 3.05) is 0 Å². The number of hydrogen-bond acceptors (Lipinski definition) is 6. The van der Waals surface area contributed by atoms with E-state index in [1.807, 2.05) is 6.92 Å². The Kier molecular flexibility index (Phi) is 5.47. The van der Waals surface area contributed by atoms with E-state index in [-0.39, 0.29) is 52.5 Å². The number of hydrogen-bond donors (Lipinski definition) is 2. The van der Waals surface area contributed by atoms with Gasteiger partial charge in [-0.3, -0.25) is 4.79 Å². The maximum atomic E-state index is 12.2. The molecule has 0 aromatic carbocycles. The lowest BCUT2D eigenvalue weighted by Gasteiger charge is -2.63. The molecule has 0 aromatic rings. The van der Waals surface area contributed by atoms with E-state index in [1.165, 1.54) is 6.92 Å². The van der Waals surface area contributed by atoms with Crippen molar-refractivity contribution in [1.29, 1.82) is 0 Å². The molecule has 6 nitrogen and oxygen atoms in total. The fourth-order valence-corrected chi connectivity index (χ4v) is 11.0.